The molecule has 0 spiro atoms. The molecule has 0 amide bonds. The van der Waals surface area contributed by atoms with Gasteiger partial charge >= 0.3 is 5.97 Å². The van der Waals surface area contributed by atoms with Crippen molar-refractivity contribution >= 4 is 5.97 Å². The van der Waals surface area contributed by atoms with Crippen molar-refractivity contribution in [3.8, 4) is 11.5 Å². The van der Waals surface area contributed by atoms with Crippen molar-refractivity contribution in [2.24, 2.45) is 11.8 Å². The molecule has 0 bridgehead atoms. The predicted molar refractivity (Wildman–Crippen MR) is 74.2 cm³/mol. The Balaban J connectivity index is 1.78. The maximum atomic E-state index is 11.8. The van der Waals surface area contributed by atoms with Crippen molar-refractivity contribution in [3.05, 3.63) is 23.8 Å². The van der Waals surface area contributed by atoms with Crippen LogP contribution in [0.2, 0.25) is 0 Å². The molecule has 3 rings (SSSR count). The summed E-state index contributed by atoms with van der Waals surface area (Å²) in [5, 5.41) is 0. The van der Waals surface area contributed by atoms with Crippen molar-refractivity contribution in [2.45, 2.75) is 25.7 Å². The van der Waals surface area contributed by atoms with Gasteiger partial charge in [0, 0.05) is 0 Å². The Morgan fingerprint density at radius 3 is 2.35 bits per heavy atom. The van der Waals surface area contributed by atoms with Gasteiger partial charge in [-0.3, -0.25) is 0 Å². The van der Waals surface area contributed by atoms with Crippen molar-refractivity contribution in [3.63, 3.8) is 0 Å². The Morgan fingerprint density at radius 1 is 1.10 bits per heavy atom. The average molecular weight is 276 g/mol. The second kappa shape index (κ2) is 5.73. The van der Waals surface area contributed by atoms with Crippen LogP contribution in [0.4, 0.5) is 0 Å². The topological polar surface area (TPSA) is 44.8 Å². The number of benzene rings is 1. The van der Waals surface area contributed by atoms with Gasteiger partial charge in [-0.15, -0.1) is 0 Å². The van der Waals surface area contributed by atoms with Crippen molar-refractivity contribution in [1.82, 2.24) is 0 Å². The van der Waals surface area contributed by atoms with Crippen LogP contribution in [0.5, 0.6) is 11.5 Å². The van der Waals surface area contributed by atoms with Crippen LogP contribution in [0.25, 0.3) is 0 Å². The molecular weight excluding hydrogens is 256 g/mol. The minimum absolute atomic E-state index is 0.382. The van der Waals surface area contributed by atoms with Gasteiger partial charge in [-0.2, -0.15) is 0 Å². The van der Waals surface area contributed by atoms with Crippen LogP contribution in [0.3, 0.4) is 0 Å². The molecule has 0 N–H and O–H groups in total. The second-order valence-corrected chi connectivity index (χ2v) is 5.63. The SMILES string of the molecule is COC(=O)c1cccc(OCC2CC2)c1OCC1CC1. The lowest BCUT2D eigenvalue weighted by Gasteiger charge is -2.15. The Bertz CT molecular complexity index is 489. The summed E-state index contributed by atoms with van der Waals surface area (Å²) in [6.45, 7) is 1.35. The molecule has 0 aliphatic heterocycles. The lowest BCUT2D eigenvalue weighted by molar-refractivity contribution is 0.0594. The first-order valence-corrected chi connectivity index (χ1v) is 7.25. The zero-order chi connectivity index (χ0) is 13.9. The molecule has 2 saturated carbocycles. The number of carbonyl (C=O) groups excluding carboxylic acids is 1. The molecule has 2 aliphatic rings. The van der Waals surface area contributed by atoms with Gasteiger partial charge in [0.1, 0.15) is 5.56 Å². The summed E-state index contributed by atoms with van der Waals surface area (Å²) in [5.74, 6) is 2.09. The van der Waals surface area contributed by atoms with Crippen LogP contribution in [0.1, 0.15) is 36.0 Å². The molecule has 0 saturated heterocycles. The number of rotatable bonds is 7. The summed E-state index contributed by atoms with van der Waals surface area (Å²) >= 11 is 0. The Labute approximate surface area is 119 Å². The van der Waals surface area contributed by atoms with E-state index in [4.69, 9.17) is 14.2 Å². The first kappa shape index (κ1) is 13.3. The second-order valence-electron chi connectivity index (χ2n) is 5.63. The van der Waals surface area contributed by atoms with E-state index in [1.807, 2.05) is 6.07 Å². The fraction of sp³-hybridized carbons (Fsp3) is 0.562. The monoisotopic (exact) mass is 276 g/mol. The first-order valence-electron chi connectivity index (χ1n) is 7.25. The van der Waals surface area contributed by atoms with E-state index in [1.54, 1.807) is 12.1 Å². The van der Waals surface area contributed by atoms with E-state index in [0.717, 1.165) is 0 Å². The molecule has 0 atom stereocenters. The van der Waals surface area contributed by atoms with Gasteiger partial charge in [0.15, 0.2) is 11.5 Å². The first-order chi connectivity index (χ1) is 9.78. The zero-order valence-electron chi connectivity index (χ0n) is 11.8. The zero-order valence-corrected chi connectivity index (χ0v) is 11.8. The van der Waals surface area contributed by atoms with Crippen molar-refractivity contribution in [2.75, 3.05) is 20.3 Å². The third-order valence-electron chi connectivity index (χ3n) is 3.72. The van der Waals surface area contributed by atoms with Crippen molar-refractivity contribution < 1.29 is 19.0 Å². The highest BCUT2D eigenvalue weighted by Crippen LogP contribution is 2.37. The van der Waals surface area contributed by atoms with Gasteiger partial charge in [-0.1, -0.05) is 6.07 Å². The van der Waals surface area contributed by atoms with Crippen LogP contribution in [-0.4, -0.2) is 26.3 Å². The number of carbonyl (C=O) groups is 1. The van der Waals surface area contributed by atoms with E-state index in [-0.39, 0.29) is 5.97 Å². The summed E-state index contributed by atoms with van der Waals surface area (Å²) in [6.07, 6.45) is 4.88. The van der Waals surface area contributed by atoms with E-state index in [1.165, 1.54) is 32.8 Å². The Kier molecular flexibility index (Phi) is 3.81. The normalized spacial score (nSPS) is 17.6. The summed E-state index contributed by atoms with van der Waals surface area (Å²) in [5.41, 5.74) is 0.446. The lowest BCUT2D eigenvalue weighted by atomic mass is 10.2. The van der Waals surface area contributed by atoms with Crippen LogP contribution in [0, 0.1) is 11.8 Å². The van der Waals surface area contributed by atoms with Crippen LogP contribution in [-0.2, 0) is 4.74 Å². The van der Waals surface area contributed by atoms with Gasteiger partial charge in [-0.05, 0) is 49.7 Å². The highest BCUT2D eigenvalue weighted by atomic mass is 16.5. The third kappa shape index (κ3) is 3.24. The van der Waals surface area contributed by atoms with E-state index in [2.05, 4.69) is 0 Å². The molecule has 1 aromatic carbocycles. The van der Waals surface area contributed by atoms with Crippen LogP contribution >= 0.6 is 0 Å². The number of hydrogen-bond donors (Lipinski definition) is 0. The molecule has 0 aromatic heterocycles. The fourth-order valence-corrected chi connectivity index (χ4v) is 2.03. The largest absolute Gasteiger partial charge is 0.489 e. The van der Waals surface area contributed by atoms with Crippen molar-refractivity contribution in [1.29, 1.82) is 0 Å². The van der Waals surface area contributed by atoms with Gasteiger partial charge in [0.25, 0.3) is 0 Å². The predicted octanol–water partition coefficient (Wildman–Crippen LogP) is 3.05. The standard InChI is InChI=1S/C16H20O4/c1-18-16(17)13-3-2-4-14(19-9-11-5-6-11)15(13)20-10-12-7-8-12/h2-4,11-12H,5-10H2,1H3. The summed E-state index contributed by atoms with van der Waals surface area (Å²) in [6, 6.07) is 5.38. The molecule has 2 aliphatic carbocycles. The quantitative estimate of drug-likeness (QED) is 0.718. The minimum Gasteiger partial charge on any atom is -0.489 e. The van der Waals surface area contributed by atoms with Crippen LogP contribution in [0.15, 0.2) is 18.2 Å². The molecule has 0 radical (unpaired) electrons. The highest BCUT2D eigenvalue weighted by molar-refractivity contribution is 5.93. The molecule has 20 heavy (non-hydrogen) atoms. The maximum absolute atomic E-state index is 11.8. The molecular formula is C16H20O4. The number of methoxy groups -OCH3 is 1. The van der Waals surface area contributed by atoms with Gasteiger partial charge in [-0.25, -0.2) is 4.79 Å². The van der Waals surface area contributed by atoms with E-state index >= 15 is 0 Å². The Hall–Kier alpha value is -1.71. The number of ether oxygens (including phenoxy) is 3. The fourth-order valence-electron chi connectivity index (χ4n) is 2.03. The molecule has 0 unspecified atom stereocenters. The molecule has 108 valence electrons. The number of hydrogen-bond acceptors (Lipinski definition) is 4. The maximum Gasteiger partial charge on any atom is 0.341 e. The summed E-state index contributed by atoms with van der Waals surface area (Å²) in [4.78, 5) is 11.8. The molecule has 4 heteroatoms. The summed E-state index contributed by atoms with van der Waals surface area (Å²) < 4.78 is 16.5. The number of para-hydroxylation sites is 1. The molecule has 1 aromatic rings. The average Bonchev–Trinajstić information content (AvgIpc) is 3.36. The van der Waals surface area contributed by atoms with Gasteiger partial charge < -0.3 is 14.2 Å². The Morgan fingerprint density at radius 2 is 1.75 bits per heavy atom. The summed E-state index contributed by atoms with van der Waals surface area (Å²) in [7, 11) is 1.38. The minimum atomic E-state index is -0.382. The van der Waals surface area contributed by atoms with Gasteiger partial charge in [0.05, 0.1) is 20.3 Å². The molecule has 2 fully saturated rings. The van der Waals surface area contributed by atoms with E-state index in [0.29, 0.717) is 42.1 Å². The number of esters is 1. The van der Waals surface area contributed by atoms with Gasteiger partial charge in [0.2, 0.25) is 0 Å². The molecule has 4 nitrogen and oxygen atoms in total. The molecule has 0 heterocycles. The third-order valence-corrected chi connectivity index (χ3v) is 3.72. The highest BCUT2D eigenvalue weighted by Gasteiger charge is 2.26. The smallest absolute Gasteiger partial charge is 0.341 e. The van der Waals surface area contributed by atoms with E-state index in [9.17, 15) is 4.79 Å². The lowest BCUT2D eigenvalue weighted by Crippen LogP contribution is -2.10. The van der Waals surface area contributed by atoms with Crippen LogP contribution < -0.4 is 9.47 Å². The van der Waals surface area contributed by atoms with E-state index < -0.39 is 0 Å².